The van der Waals surface area contributed by atoms with Crippen LogP contribution in [-0.4, -0.2) is 45.0 Å². The lowest BCUT2D eigenvalue weighted by Crippen LogP contribution is -2.47. The molecule has 0 bridgehead atoms. The lowest BCUT2D eigenvalue weighted by Gasteiger charge is -2.34. The zero-order chi connectivity index (χ0) is 19.6. The molecular formula is C20H29NO5S. The summed E-state index contributed by atoms with van der Waals surface area (Å²) in [6.45, 7) is 7.15. The summed E-state index contributed by atoms with van der Waals surface area (Å²) >= 11 is 1.46. The van der Waals surface area contributed by atoms with E-state index in [1.165, 1.54) is 38.2 Å². The number of nitrogens with zero attached hydrogens (tertiary/aromatic N) is 1. The third-order valence-electron chi connectivity index (χ3n) is 5.59. The molecule has 7 heteroatoms. The van der Waals surface area contributed by atoms with E-state index in [4.69, 9.17) is 14.2 Å². The van der Waals surface area contributed by atoms with Crippen LogP contribution in [0.25, 0.3) is 0 Å². The van der Waals surface area contributed by atoms with Crippen molar-refractivity contribution in [2.45, 2.75) is 58.4 Å². The van der Waals surface area contributed by atoms with Gasteiger partial charge in [0.15, 0.2) is 0 Å². The number of rotatable bonds is 4. The Balaban J connectivity index is 1.93. The van der Waals surface area contributed by atoms with Gasteiger partial charge >= 0.3 is 5.97 Å². The molecule has 2 heterocycles. The first-order chi connectivity index (χ1) is 12.8. The molecule has 1 aromatic heterocycles. The first-order valence-corrected chi connectivity index (χ1v) is 10.3. The van der Waals surface area contributed by atoms with Crippen molar-refractivity contribution in [1.29, 1.82) is 0 Å². The van der Waals surface area contributed by atoms with Crippen molar-refractivity contribution in [2.24, 2.45) is 5.41 Å². The molecule has 6 nitrogen and oxygen atoms in total. The zero-order valence-corrected chi connectivity index (χ0v) is 17.4. The fourth-order valence-electron chi connectivity index (χ4n) is 3.95. The molecule has 0 N–H and O–H groups in total. The molecule has 0 unspecified atom stereocenters. The SMILES string of the molecule is COC(=O)c1sc(C2CCC(C)(C)CC2)cc1N(C(C)=O)C1COCOC1. The second-order valence-corrected chi connectivity index (χ2v) is 9.28. The van der Waals surface area contributed by atoms with Gasteiger partial charge in [0.25, 0.3) is 0 Å². The van der Waals surface area contributed by atoms with E-state index in [1.54, 1.807) is 4.90 Å². The van der Waals surface area contributed by atoms with Crippen molar-refractivity contribution in [1.82, 2.24) is 0 Å². The summed E-state index contributed by atoms with van der Waals surface area (Å²) in [6, 6.07) is 1.77. The number of anilines is 1. The second kappa shape index (κ2) is 8.29. The van der Waals surface area contributed by atoms with E-state index in [2.05, 4.69) is 13.8 Å². The normalized spacial score (nSPS) is 21.0. The summed E-state index contributed by atoms with van der Waals surface area (Å²) in [4.78, 5) is 28.2. The van der Waals surface area contributed by atoms with E-state index in [0.29, 0.717) is 35.1 Å². The summed E-state index contributed by atoms with van der Waals surface area (Å²) in [5, 5.41) is 0. The minimum atomic E-state index is -0.402. The maximum atomic E-state index is 12.4. The highest BCUT2D eigenvalue weighted by Gasteiger charge is 2.34. The predicted octanol–water partition coefficient (Wildman–Crippen LogP) is 3.94. The van der Waals surface area contributed by atoms with Gasteiger partial charge in [-0.3, -0.25) is 4.79 Å². The molecule has 1 aliphatic heterocycles. The Kier molecular flexibility index (Phi) is 6.23. The Morgan fingerprint density at radius 2 is 1.85 bits per heavy atom. The van der Waals surface area contributed by atoms with Gasteiger partial charge in [0.2, 0.25) is 5.91 Å². The van der Waals surface area contributed by atoms with Gasteiger partial charge in [-0.25, -0.2) is 4.79 Å². The summed E-state index contributed by atoms with van der Waals surface area (Å²) in [6.07, 6.45) is 4.53. The number of methoxy groups -OCH3 is 1. The molecule has 0 spiro atoms. The van der Waals surface area contributed by atoms with Crippen molar-refractivity contribution in [2.75, 3.05) is 32.0 Å². The van der Waals surface area contributed by atoms with E-state index in [0.717, 1.165) is 17.7 Å². The van der Waals surface area contributed by atoms with Gasteiger partial charge in [-0.1, -0.05) is 13.8 Å². The number of hydrogen-bond donors (Lipinski definition) is 0. The molecule has 1 saturated carbocycles. The van der Waals surface area contributed by atoms with Crippen LogP contribution in [-0.2, 0) is 19.0 Å². The van der Waals surface area contributed by atoms with Crippen molar-refractivity contribution in [3.8, 4) is 0 Å². The Bertz CT molecular complexity index is 683. The molecule has 150 valence electrons. The van der Waals surface area contributed by atoms with Gasteiger partial charge in [-0.15, -0.1) is 11.3 Å². The average molecular weight is 396 g/mol. The van der Waals surface area contributed by atoms with Crippen LogP contribution in [0.15, 0.2) is 6.07 Å². The third-order valence-corrected chi connectivity index (χ3v) is 6.86. The number of esters is 1. The Hall–Kier alpha value is -1.44. The topological polar surface area (TPSA) is 65.1 Å². The summed E-state index contributed by atoms with van der Waals surface area (Å²) in [5.41, 5.74) is 1.00. The highest BCUT2D eigenvalue weighted by atomic mass is 32.1. The van der Waals surface area contributed by atoms with Gasteiger partial charge in [0.05, 0.1) is 32.1 Å². The molecule has 1 aliphatic carbocycles. The molecule has 3 rings (SSSR count). The molecule has 27 heavy (non-hydrogen) atoms. The smallest absolute Gasteiger partial charge is 0.350 e. The molecule has 1 amide bonds. The highest BCUT2D eigenvalue weighted by Crippen LogP contribution is 2.46. The zero-order valence-electron chi connectivity index (χ0n) is 16.6. The number of hydrogen-bond acceptors (Lipinski definition) is 6. The molecule has 2 aliphatic rings. The van der Waals surface area contributed by atoms with Crippen LogP contribution in [0.2, 0.25) is 0 Å². The van der Waals surface area contributed by atoms with E-state index in [1.807, 2.05) is 6.07 Å². The fraction of sp³-hybridized carbons (Fsp3) is 0.700. The quantitative estimate of drug-likeness (QED) is 0.723. The minimum absolute atomic E-state index is 0.131. The van der Waals surface area contributed by atoms with Crippen LogP contribution >= 0.6 is 11.3 Å². The van der Waals surface area contributed by atoms with Gasteiger partial charge in [-0.2, -0.15) is 0 Å². The van der Waals surface area contributed by atoms with E-state index < -0.39 is 5.97 Å². The monoisotopic (exact) mass is 395 g/mol. The number of ether oxygens (including phenoxy) is 3. The van der Waals surface area contributed by atoms with Crippen molar-refractivity contribution < 1.29 is 23.8 Å². The van der Waals surface area contributed by atoms with Crippen LogP contribution < -0.4 is 4.90 Å². The number of amides is 1. The van der Waals surface area contributed by atoms with Crippen LogP contribution in [0, 0.1) is 5.41 Å². The number of carbonyl (C=O) groups is 2. The van der Waals surface area contributed by atoms with Crippen LogP contribution in [0.1, 0.15) is 66.9 Å². The maximum Gasteiger partial charge on any atom is 0.350 e. The fourth-order valence-corrected chi connectivity index (χ4v) is 5.19. The third kappa shape index (κ3) is 4.52. The molecule has 1 saturated heterocycles. The predicted molar refractivity (Wildman–Crippen MR) is 104 cm³/mol. The van der Waals surface area contributed by atoms with Gasteiger partial charge in [0, 0.05) is 11.8 Å². The standard InChI is InChI=1S/C20H29NO5S/c1-13(22)21(15-10-25-12-26-11-15)16-9-17(27-18(16)19(23)24-4)14-5-7-20(2,3)8-6-14/h9,14-15H,5-8,10-12H2,1-4H3. The lowest BCUT2D eigenvalue weighted by atomic mass is 9.73. The average Bonchev–Trinajstić information content (AvgIpc) is 3.06. The molecule has 0 atom stereocenters. The Morgan fingerprint density at radius 3 is 2.41 bits per heavy atom. The minimum Gasteiger partial charge on any atom is -0.465 e. The van der Waals surface area contributed by atoms with Crippen molar-refractivity contribution >= 4 is 28.9 Å². The van der Waals surface area contributed by atoms with Crippen molar-refractivity contribution in [3.63, 3.8) is 0 Å². The summed E-state index contributed by atoms with van der Waals surface area (Å²) in [7, 11) is 1.37. The van der Waals surface area contributed by atoms with Gasteiger partial charge < -0.3 is 19.1 Å². The van der Waals surface area contributed by atoms with Gasteiger partial charge in [0.1, 0.15) is 11.7 Å². The summed E-state index contributed by atoms with van der Waals surface area (Å²) in [5.74, 6) is -0.109. The Morgan fingerprint density at radius 1 is 1.22 bits per heavy atom. The van der Waals surface area contributed by atoms with Crippen LogP contribution in [0.3, 0.4) is 0 Å². The number of carbonyl (C=O) groups excluding carboxylic acids is 2. The van der Waals surface area contributed by atoms with E-state index in [-0.39, 0.29) is 18.7 Å². The molecule has 0 radical (unpaired) electrons. The first kappa shape index (κ1) is 20.3. The van der Waals surface area contributed by atoms with Crippen molar-refractivity contribution in [3.05, 3.63) is 15.8 Å². The van der Waals surface area contributed by atoms with Crippen LogP contribution in [0.4, 0.5) is 5.69 Å². The van der Waals surface area contributed by atoms with Crippen LogP contribution in [0.5, 0.6) is 0 Å². The molecule has 0 aromatic carbocycles. The molecule has 1 aromatic rings. The maximum absolute atomic E-state index is 12.4. The summed E-state index contributed by atoms with van der Waals surface area (Å²) < 4.78 is 15.8. The second-order valence-electron chi connectivity index (χ2n) is 8.20. The molecule has 2 fully saturated rings. The van der Waals surface area contributed by atoms with Gasteiger partial charge in [-0.05, 0) is 43.1 Å². The lowest BCUT2D eigenvalue weighted by molar-refractivity contribution is -0.125. The highest BCUT2D eigenvalue weighted by molar-refractivity contribution is 7.14. The number of thiophene rings is 1. The Labute approximate surface area is 164 Å². The molecular weight excluding hydrogens is 366 g/mol. The van der Waals surface area contributed by atoms with E-state index >= 15 is 0 Å². The first-order valence-electron chi connectivity index (χ1n) is 9.50. The largest absolute Gasteiger partial charge is 0.465 e. The van der Waals surface area contributed by atoms with E-state index in [9.17, 15) is 9.59 Å².